The lowest BCUT2D eigenvalue weighted by molar-refractivity contribution is -0.120. The van der Waals surface area contributed by atoms with Gasteiger partial charge in [-0.15, -0.1) is 0 Å². The van der Waals surface area contributed by atoms with Gasteiger partial charge in [-0.25, -0.2) is 0 Å². The molecular formula is C10H18O3. The minimum absolute atomic E-state index is 0.0741. The smallest absolute Gasteiger partial charge is 0.132 e. The summed E-state index contributed by atoms with van der Waals surface area (Å²) in [5.74, 6) is 0.620. The third-order valence-electron chi connectivity index (χ3n) is 2.36. The monoisotopic (exact) mass is 186 g/mol. The van der Waals surface area contributed by atoms with Gasteiger partial charge < -0.3 is 9.47 Å². The van der Waals surface area contributed by atoms with Gasteiger partial charge in [0, 0.05) is 25.6 Å². The van der Waals surface area contributed by atoms with E-state index in [9.17, 15) is 4.79 Å². The van der Waals surface area contributed by atoms with E-state index in [1.807, 2.05) is 6.92 Å². The third-order valence-corrected chi connectivity index (χ3v) is 2.36. The van der Waals surface area contributed by atoms with E-state index in [2.05, 4.69) is 0 Å². The van der Waals surface area contributed by atoms with Crippen molar-refractivity contribution in [1.82, 2.24) is 0 Å². The Kier molecular flexibility index (Phi) is 4.39. The molecule has 1 unspecified atom stereocenters. The van der Waals surface area contributed by atoms with Gasteiger partial charge in [0.1, 0.15) is 5.78 Å². The molecule has 0 aromatic rings. The van der Waals surface area contributed by atoms with E-state index in [0.29, 0.717) is 18.9 Å². The molecule has 1 aliphatic heterocycles. The highest BCUT2D eigenvalue weighted by atomic mass is 16.5. The summed E-state index contributed by atoms with van der Waals surface area (Å²) < 4.78 is 10.8. The Labute approximate surface area is 79.4 Å². The van der Waals surface area contributed by atoms with Crippen LogP contribution in [0.2, 0.25) is 0 Å². The summed E-state index contributed by atoms with van der Waals surface area (Å²) in [5.41, 5.74) is 0. The molecule has 0 spiro atoms. The molecule has 0 aromatic carbocycles. The molecule has 2 atom stereocenters. The van der Waals surface area contributed by atoms with Gasteiger partial charge in [0.2, 0.25) is 0 Å². The lowest BCUT2D eigenvalue weighted by Crippen LogP contribution is -2.26. The first-order valence-electron chi connectivity index (χ1n) is 4.92. The zero-order valence-corrected chi connectivity index (χ0v) is 8.41. The molecule has 3 heteroatoms. The second-order valence-electron chi connectivity index (χ2n) is 3.52. The first-order chi connectivity index (χ1) is 6.24. The van der Waals surface area contributed by atoms with Gasteiger partial charge in [-0.05, 0) is 20.3 Å². The average Bonchev–Trinajstić information content (AvgIpc) is 2.54. The summed E-state index contributed by atoms with van der Waals surface area (Å²) in [4.78, 5) is 11.0. The Morgan fingerprint density at radius 2 is 2.46 bits per heavy atom. The molecule has 1 heterocycles. The van der Waals surface area contributed by atoms with Crippen LogP contribution in [-0.4, -0.2) is 31.7 Å². The fourth-order valence-corrected chi connectivity index (χ4v) is 1.71. The van der Waals surface area contributed by atoms with Gasteiger partial charge >= 0.3 is 0 Å². The average molecular weight is 186 g/mol. The van der Waals surface area contributed by atoms with Crippen LogP contribution in [0.3, 0.4) is 0 Å². The van der Waals surface area contributed by atoms with Gasteiger partial charge in [-0.3, -0.25) is 4.79 Å². The van der Waals surface area contributed by atoms with Crippen LogP contribution in [0.15, 0.2) is 0 Å². The largest absolute Gasteiger partial charge is 0.381 e. The molecule has 0 aromatic heterocycles. The number of Topliss-reactive ketones (excluding diaryl/α,β-unsaturated/α-hetero) is 1. The van der Waals surface area contributed by atoms with E-state index in [-0.39, 0.29) is 11.9 Å². The standard InChI is InChI=1S/C10H18O3/c1-3-13-10(6-8(2)11)9-4-5-12-7-9/h9-10H,3-7H2,1-2H3/t9?,10-/m1/s1. The molecule has 76 valence electrons. The van der Waals surface area contributed by atoms with Crippen molar-refractivity contribution in [1.29, 1.82) is 0 Å². The van der Waals surface area contributed by atoms with Crippen LogP contribution in [0.1, 0.15) is 26.7 Å². The summed E-state index contributed by atoms with van der Waals surface area (Å²) in [6.45, 7) is 5.81. The number of hydrogen-bond donors (Lipinski definition) is 0. The lowest BCUT2D eigenvalue weighted by Gasteiger charge is -2.20. The molecule has 1 saturated heterocycles. The second-order valence-corrected chi connectivity index (χ2v) is 3.52. The van der Waals surface area contributed by atoms with Crippen LogP contribution in [0.4, 0.5) is 0 Å². The van der Waals surface area contributed by atoms with Gasteiger partial charge in [-0.1, -0.05) is 0 Å². The molecule has 0 amide bonds. The van der Waals surface area contributed by atoms with E-state index in [4.69, 9.17) is 9.47 Å². The summed E-state index contributed by atoms with van der Waals surface area (Å²) in [7, 11) is 0. The van der Waals surface area contributed by atoms with Gasteiger partial charge in [0.05, 0.1) is 12.7 Å². The van der Waals surface area contributed by atoms with Gasteiger partial charge in [0.25, 0.3) is 0 Å². The number of rotatable bonds is 5. The Morgan fingerprint density at radius 1 is 1.69 bits per heavy atom. The van der Waals surface area contributed by atoms with Crippen molar-refractivity contribution in [3.63, 3.8) is 0 Å². The highest BCUT2D eigenvalue weighted by Crippen LogP contribution is 2.21. The number of carbonyl (C=O) groups excluding carboxylic acids is 1. The predicted molar refractivity (Wildman–Crippen MR) is 49.6 cm³/mol. The number of carbonyl (C=O) groups is 1. The van der Waals surface area contributed by atoms with E-state index in [1.54, 1.807) is 6.92 Å². The highest BCUT2D eigenvalue weighted by Gasteiger charge is 2.26. The summed E-state index contributed by atoms with van der Waals surface area (Å²) in [6.07, 6.45) is 1.63. The van der Waals surface area contributed by atoms with Gasteiger partial charge in [-0.2, -0.15) is 0 Å². The molecule has 3 nitrogen and oxygen atoms in total. The molecule has 0 bridgehead atoms. The Morgan fingerprint density at radius 3 is 2.92 bits per heavy atom. The molecule has 13 heavy (non-hydrogen) atoms. The maximum atomic E-state index is 11.0. The zero-order valence-electron chi connectivity index (χ0n) is 8.41. The molecule has 1 fully saturated rings. The quantitative estimate of drug-likeness (QED) is 0.651. The van der Waals surface area contributed by atoms with Crippen LogP contribution in [-0.2, 0) is 14.3 Å². The van der Waals surface area contributed by atoms with Crippen molar-refractivity contribution in [2.75, 3.05) is 19.8 Å². The maximum absolute atomic E-state index is 11.0. The minimum atomic E-state index is 0.0741. The zero-order chi connectivity index (χ0) is 9.68. The lowest BCUT2D eigenvalue weighted by atomic mass is 9.97. The van der Waals surface area contributed by atoms with Gasteiger partial charge in [0.15, 0.2) is 0 Å². The first-order valence-corrected chi connectivity index (χ1v) is 4.92. The fraction of sp³-hybridized carbons (Fsp3) is 0.900. The summed E-state index contributed by atoms with van der Waals surface area (Å²) in [6, 6.07) is 0. The van der Waals surface area contributed by atoms with Crippen LogP contribution < -0.4 is 0 Å². The predicted octanol–water partition coefficient (Wildman–Crippen LogP) is 1.41. The fourth-order valence-electron chi connectivity index (χ4n) is 1.71. The van der Waals surface area contributed by atoms with Crippen molar-refractivity contribution in [2.24, 2.45) is 5.92 Å². The number of hydrogen-bond acceptors (Lipinski definition) is 3. The van der Waals surface area contributed by atoms with Crippen LogP contribution in [0.25, 0.3) is 0 Å². The molecule has 0 aliphatic carbocycles. The molecular weight excluding hydrogens is 168 g/mol. The number of ketones is 1. The van der Waals surface area contributed by atoms with Crippen molar-refractivity contribution >= 4 is 5.78 Å². The van der Waals surface area contributed by atoms with E-state index in [1.165, 1.54) is 0 Å². The van der Waals surface area contributed by atoms with E-state index >= 15 is 0 Å². The highest BCUT2D eigenvalue weighted by molar-refractivity contribution is 5.76. The Bertz CT molecular complexity index is 162. The SMILES string of the molecule is CCO[C@H](CC(C)=O)C1CCOC1. The van der Waals surface area contributed by atoms with Crippen molar-refractivity contribution in [3.05, 3.63) is 0 Å². The van der Waals surface area contributed by atoms with Crippen molar-refractivity contribution < 1.29 is 14.3 Å². The van der Waals surface area contributed by atoms with E-state index < -0.39 is 0 Å². The second kappa shape index (κ2) is 5.35. The number of ether oxygens (including phenoxy) is 2. The third kappa shape index (κ3) is 3.44. The van der Waals surface area contributed by atoms with E-state index in [0.717, 1.165) is 19.6 Å². The Balaban J connectivity index is 2.39. The first kappa shape index (κ1) is 10.7. The van der Waals surface area contributed by atoms with Crippen LogP contribution in [0.5, 0.6) is 0 Å². The topological polar surface area (TPSA) is 35.5 Å². The molecule has 0 N–H and O–H groups in total. The molecule has 1 rings (SSSR count). The molecule has 0 radical (unpaired) electrons. The van der Waals surface area contributed by atoms with Crippen molar-refractivity contribution in [3.8, 4) is 0 Å². The van der Waals surface area contributed by atoms with Crippen LogP contribution >= 0.6 is 0 Å². The summed E-state index contributed by atoms with van der Waals surface area (Å²) in [5, 5.41) is 0. The summed E-state index contributed by atoms with van der Waals surface area (Å²) >= 11 is 0. The van der Waals surface area contributed by atoms with Crippen LogP contribution in [0, 0.1) is 5.92 Å². The normalized spacial score (nSPS) is 24.6. The minimum Gasteiger partial charge on any atom is -0.381 e. The molecule has 1 aliphatic rings. The molecule has 0 saturated carbocycles. The Hall–Kier alpha value is -0.410. The van der Waals surface area contributed by atoms with Crippen molar-refractivity contribution in [2.45, 2.75) is 32.8 Å². The maximum Gasteiger partial charge on any atom is 0.132 e.